The number of sulfonamides is 1. The Hall–Kier alpha value is -4.21. The zero-order valence-electron chi connectivity index (χ0n) is 24.8. The second kappa shape index (κ2) is 14.1. The van der Waals surface area contributed by atoms with Crippen molar-refractivity contribution < 1.29 is 31.2 Å². The van der Waals surface area contributed by atoms with Crippen molar-refractivity contribution in [1.29, 1.82) is 0 Å². The molecule has 0 aliphatic carbocycles. The number of aromatic nitrogens is 3. The van der Waals surface area contributed by atoms with Crippen LogP contribution in [0.5, 0.6) is 0 Å². The van der Waals surface area contributed by atoms with Gasteiger partial charge in [0, 0.05) is 24.3 Å². The van der Waals surface area contributed by atoms with E-state index in [2.05, 4.69) is 20.8 Å². The lowest BCUT2D eigenvalue weighted by molar-refractivity contribution is -0.137. The van der Waals surface area contributed by atoms with Crippen LogP contribution in [0.1, 0.15) is 46.6 Å². The zero-order valence-corrected chi connectivity index (χ0v) is 26.4. The third-order valence-corrected chi connectivity index (χ3v) is 10.1. The van der Waals surface area contributed by atoms with Crippen molar-refractivity contribution in [3.05, 3.63) is 95.3 Å². The van der Waals surface area contributed by atoms with Gasteiger partial charge in [0.25, 0.3) is 5.91 Å². The highest BCUT2D eigenvalue weighted by molar-refractivity contribution is 7.99. The van der Waals surface area contributed by atoms with E-state index in [9.17, 15) is 31.2 Å². The van der Waals surface area contributed by atoms with Crippen LogP contribution in [-0.4, -0.2) is 58.1 Å². The average Bonchev–Trinajstić information content (AvgIpc) is 3.45. The van der Waals surface area contributed by atoms with Crippen LogP contribution in [0.3, 0.4) is 0 Å². The van der Waals surface area contributed by atoms with E-state index in [0.717, 1.165) is 42.7 Å². The third-order valence-electron chi connectivity index (χ3n) is 7.28. The van der Waals surface area contributed by atoms with Crippen LogP contribution < -0.4 is 10.6 Å². The molecule has 1 saturated heterocycles. The second-order valence-corrected chi connectivity index (χ2v) is 13.5. The van der Waals surface area contributed by atoms with Crippen LogP contribution in [0.2, 0.25) is 0 Å². The summed E-state index contributed by atoms with van der Waals surface area (Å²) in [6, 6.07) is 17.8. The number of para-hydroxylation sites is 1. The van der Waals surface area contributed by atoms with Crippen molar-refractivity contribution in [2.24, 2.45) is 0 Å². The van der Waals surface area contributed by atoms with Crippen LogP contribution >= 0.6 is 11.8 Å². The van der Waals surface area contributed by atoms with E-state index in [-0.39, 0.29) is 28.4 Å². The third kappa shape index (κ3) is 7.77. The van der Waals surface area contributed by atoms with Gasteiger partial charge in [0.2, 0.25) is 15.9 Å². The summed E-state index contributed by atoms with van der Waals surface area (Å²) in [5, 5.41) is 13.8. The Labute approximate surface area is 268 Å². The highest BCUT2D eigenvalue weighted by Gasteiger charge is 2.33. The minimum absolute atomic E-state index is 0.0562. The van der Waals surface area contributed by atoms with Crippen molar-refractivity contribution in [1.82, 2.24) is 24.4 Å². The molecule has 0 radical (unpaired) electrons. The number of rotatable bonds is 10. The number of hydrogen-bond acceptors (Lipinski definition) is 7. The lowest BCUT2D eigenvalue weighted by Crippen LogP contribution is -2.35. The van der Waals surface area contributed by atoms with Gasteiger partial charge in [-0.1, -0.05) is 42.4 Å². The van der Waals surface area contributed by atoms with E-state index in [0.29, 0.717) is 29.8 Å². The molecule has 0 atom stereocenters. The van der Waals surface area contributed by atoms with E-state index >= 15 is 0 Å². The number of aryl methyl sites for hydroxylation is 1. The fourth-order valence-electron chi connectivity index (χ4n) is 4.98. The molecule has 0 bridgehead atoms. The van der Waals surface area contributed by atoms with Gasteiger partial charge in [-0.15, -0.1) is 10.2 Å². The molecule has 10 nitrogen and oxygen atoms in total. The molecule has 5 rings (SSSR count). The van der Waals surface area contributed by atoms with E-state index in [1.54, 1.807) is 10.6 Å². The van der Waals surface area contributed by atoms with Gasteiger partial charge in [-0.05, 0) is 73.9 Å². The summed E-state index contributed by atoms with van der Waals surface area (Å²) in [4.78, 5) is 25.8. The molecule has 1 aromatic heterocycles. The topological polar surface area (TPSA) is 126 Å². The van der Waals surface area contributed by atoms with Crippen LogP contribution in [0, 0.1) is 6.92 Å². The quantitative estimate of drug-likeness (QED) is 0.215. The fraction of sp³-hybridized carbons (Fsp3) is 0.290. The van der Waals surface area contributed by atoms with Crippen LogP contribution in [-0.2, 0) is 27.5 Å². The van der Waals surface area contributed by atoms with Gasteiger partial charge in [0.05, 0.1) is 28.4 Å². The zero-order chi connectivity index (χ0) is 32.9. The highest BCUT2D eigenvalue weighted by atomic mass is 32.2. The lowest BCUT2D eigenvalue weighted by Gasteiger charge is -2.25. The number of alkyl halides is 3. The number of anilines is 1. The van der Waals surface area contributed by atoms with E-state index < -0.39 is 33.6 Å². The predicted octanol–water partition coefficient (Wildman–Crippen LogP) is 5.43. The molecule has 0 saturated carbocycles. The molecule has 1 aliphatic heterocycles. The Morgan fingerprint density at radius 2 is 1.65 bits per heavy atom. The Balaban J connectivity index is 1.29. The minimum atomic E-state index is -4.63. The number of benzene rings is 3. The molecule has 3 aromatic carbocycles. The number of nitrogens with zero attached hydrogens (tertiary/aromatic N) is 4. The van der Waals surface area contributed by atoms with Crippen LogP contribution in [0.4, 0.5) is 18.9 Å². The van der Waals surface area contributed by atoms with Gasteiger partial charge >= 0.3 is 6.18 Å². The van der Waals surface area contributed by atoms with E-state index in [4.69, 9.17) is 0 Å². The van der Waals surface area contributed by atoms with E-state index in [1.807, 2.05) is 25.1 Å². The summed E-state index contributed by atoms with van der Waals surface area (Å²) in [6.07, 6.45) is -2.00. The SMILES string of the molecule is Cc1cccc(-n2c(CNC(=O)c3ccc(S(=O)(=O)N4CCCCC4)cc3)nnc2SCC(=O)Nc2ccccc2C(F)(F)F)c1. The maximum absolute atomic E-state index is 13.4. The van der Waals surface area contributed by atoms with Crippen LogP contribution in [0.25, 0.3) is 5.69 Å². The summed E-state index contributed by atoms with van der Waals surface area (Å²) < 4.78 is 69.1. The number of hydrogen-bond donors (Lipinski definition) is 2. The Morgan fingerprint density at radius 3 is 2.35 bits per heavy atom. The first-order valence-corrected chi connectivity index (χ1v) is 16.8. The summed E-state index contributed by atoms with van der Waals surface area (Å²) in [7, 11) is -3.64. The molecule has 1 aliphatic rings. The predicted molar refractivity (Wildman–Crippen MR) is 167 cm³/mol. The van der Waals surface area contributed by atoms with Crippen molar-refractivity contribution in [2.75, 3.05) is 24.2 Å². The first kappa shape index (κ1) is 33.2. The Bertz CT molecular complexity index is 1820. The molecule has 242 valence electrons. The van der Waals surface area contributed by atoms with Gasteiger partial charge in [-0.3, -0.25) is 14.2 Å². The molecule has 2 heterocycles. The Morgan fingerprint density at radius 1 is 0.935 bits per heavy atom. The molecule has 15 heteroatoms. The van der Waals surface area contributed by atoms with E-state index in [1.165, 1.54) is 46.8 Å². The van der Waals surface area contributed by atoms with Gasteiger partial charge in [0.15, 0.2) is 11.0 Å². The first-order valence-electron chi connectivity index (χ1n) is 14.4. The van der Waals surface area contributed by atoms with Crippen LogP contribution in [0.15, 0.2) is 82.8 Å². The minimum Gasteiger partial charge on any atom is -0.345 e. The number of carbonyl (C=O) groups excluding carboxylic acids is 2. The van der Waals surface area contributed by atoms with Crippen molar-refractivity contribution in [3.8, 4) is 5.69 Å². The molecule has 0 spiro atoms. The molecule has 46 heavy (non-hydrogen) atoms. The summed E-state index contributed by atoms with van der Waals surface area (Å²) in [5.74, 6) is -1.04. The Kier molecular flexibility index (Phi) is 10.1. The molecule has 2 N–H and O–H groups in total. The highest BCUT2D eigenvalue weighted by Crippen LogP contribution is 2.34. The first-order chi connectivity index (χ1) is 21.9. The van der Waals surface area contributed by atoms with Gasteiger partial charge in [-0.2, -0.15) is 17.5 Å². The number of halogens is 3. The molecule has 4 aromatic rings. The number of thioether (sulfide) groups is 1. The lowest BCUT2D eigenvalue weighted by atomic mass is 10.1. The molecule has 0 unspecified atom stereocenters. The fourth-order valence-corrected chi connectivity index (χ4v) is 7.27. The van der Waals surface area contributed by atoms with Crippen molar-refractivity contribution >= 4 is 39.3 Å². The van der Waals surface area contributed by atoms with Gasteiger partial charge < -0.3 is 10.6 Å². The maximum Gasteiger partial charge on any atom is 0.418 e. The van der Waals surface area contributed by atoms with Crippen molar-refractivity contribution in [2.45, 2.75) is 49.0 Å². The standard InChI is InChI=1S/C31H31F3N6O4S2/c1-21-8-7-9-23(18-21)40-27(37-38-30(40)45-20-28(41)36-26-11-4-3-10-25(26)31(32,33)34)19-35-29(42)22-12-14-24(15-13-22)46(43,44)39-16-5-2-6-17-39/h3-4,7-15,18H,2,5-6,16-17,19-20H2,1H3,(H,35,42)(H,36,41). The van der Waals surface area contributed by atoms with Gasteiger partial charge in [-0.25, -0.2) is 8.42 Å². The van der Waals surface area contributed by atoms with Gasteiger partial charge in [0.1, 0.15) is 0 Å². The summed E-state index contributed by atoms with van der Waals surface area (Å²) in [5.41, 5.74) is 0.545. The molecule has 1 fully saturated rings. The number of nitrogens with one attached hydrogen (secondary N) is 2. The van der Waals surface area contributed by atoms with Crippen molar-refractivity contribution in [3.63, 3.8) is 0 Å². The summed E-state index contributed by atoms with van der Waals surface area (Å²) in [6.45, 7) is 2.79. The smallest absolute Gasteiger partial charge is 0.345 e. The molecular weight excluding hydrogens is 642 g/mol. The second-order valence-electron chi connectivity index (χ2n) is 10.6. The summed E-state index contributed by atoms with van der Waals surface area (Å²) >= 11 is 0.978. The largest absolute Gasteiger partial charge is 0.418 e. The monoisotopic (exact) mass is 672 g/mol. The average molecular weight is 673 g/mol. The number of carbonyl (C=O) groups is 2. The molecular formula is C31H31F3N6O4S2. The number of piperidine rings is 1. The maximum atomic E-state index is 13.4. The number of amides is 2. The molecule has 2 amide bonds. The normalized spacial score (nSPS) is 14.2.